The lowest BCUT2D eigenvalue weighted by molar-refractivity contribution is -0.128. The molecule has 1 heterocycles. The van der Waals surface area contributed by atoms with Crippen LogP contribution in [-0.4, -0.2) is 55.6 Å². The van der Waals surface area contributed by atoms with E-state index in [9.17, 15) is 4.79 Å². The van der Waals surface area contributed by atoms with Crippen LogP contribution in [0.3, 0.4) is 0 Å². The summed E-state index contributed by atoms with van der Waals surface area (Å²) in [6.07, 6.45) is 0. The molecule has 1 aliphatic rings. The number of hydrogen-bond donors (Lipinski definition) is 1. The van der Waals surface area contributed by atoms with Crippen LogP contribution in [0, 0.1) is 0 Å². The van der Waals surface area contributed by atoms with E-state index < -0.39 is 0 Å². The van der Waals surface area contributed by atoms with Gasteiger partial charge >= 0.3 is 0 Å². The van der Waals surface area contributed by atoms with Crippen molar-refractivity contribution >= 4 is 40.7 Å². The summed E-state index contributed by atoms with van der Waals surface area (Å²) in [5.41, 5.74) is 2.80. The van der Waals surface area contributed by atoms with E-state index in [0.717, 1.165) is 26.2 Å². The molecule has 0 aromatic heterocycles. The van der Waals surface area contributed by atoms with Crippen molar-refractivity contribution in [2.45, 2.75) is 0 Å². The minimum absolute atomic E-state index is 0.135. The van der Waals surface area contributed by atoms with Crippen LogP contribution in [0.2, 0.25) is 15.1 Å². The highest BCUT2D eigenvalue weighted by atomic mass is 35.5. The highest BCUT2D eigenvalue weighted by Crippen LogP contribution is 2.33. The van der Waals surface area contributed by atoms with Crippen LogP contribution in [0.4, 0.5) is 0 Å². The molecule has 1 saturated heterocycles. The number of carbonyl (C=O) groups is 1. The van der Waals surface area contributed by atoms with Crippen LogP contribution in [0.1, 0.15) is 0 Å². The minimum Gasteiger partial charge on any atom is -0.482 e. The molecule has 0 unspecified atom stereocenters. The first-order chi connectivity index (χ1) is 9.95. The van der Waals surface area contributed by atoms with Gasteiger partial charge in [-0.2, -0.15) is 0 Å². The van der Waals surface area contributed by atoms with Gasteiger partial charge in [0.05, 0.1) is 15.1 Å². The van der Waals surface area contributed by atoms with Crippen LogP contribution in [0.15, 0.2) is 12.1 Å². The summed E-state index contributed by atoms with van der Waals surface area (Å²) in [6, 6.07) is 2.98. The average molecular weight is 353 g/mol. The molecule has 8 heteroatoms. The Balaban J connectivity index is 1.83. The largest absolute Gasteiger partial charge is 0.482 e. The Bertz CT molecular complexity index is 520. The Morgan fingerprint density at radius 2 is 1.76 bits per heavy atom. The van der Waals surface area contributed by atoms with Crippen molar-refractivity contribution in [3.05, 3.63) is 27.2 Å². The van der Waals surface area contributed by atoms with E-state index in [0.29, 0.717) is 20.8 Å². The predicted octanol–water partition coefficient (Wildman–Crippen LogP) is 2.30. The molecular formula is C13H16Cl3N3O2. The lowest BCUT2D eigenvalue weighted by Gasteiger charge is -2.32. The third-order valence-corrected chi connectivity index (χ3v) is 4.14. The molecule has 0 saturated carbocycles. The highest BCUT2D eigenvalue weighted by molar-refractivity contribution is 6.43. The maximum Gasteiger partial charge on any atom is 0.272 e. The van der Waals surface area contributed by atoms with Gasteiger partial charge in [0, 0.05) is 32.2 Å². The van der Waals surface area contributed by atoms with Crippen LogP contribution in [-0.2, 0) is 4.79 Å². The van der Waals surface area contributed by atoms with Gasteiger partial charge in [-0.1, -0.05) is 34.8 Å². The first kappa shape index (κ1) is 16.6. The molecule has 1 fully saturated rings. The number of halogens is 3. The molecule has 0 aliphatic carbocycles. The quantitative estimate of drug-likeness (QED) is 0.845. The zero-order chi connectivity index (χ0) is 15.4. The Morgan fingerprint density at radius 1 is 1.14 bits per heavy atom. The molecule has 5 nitrogen and oxygen atoms in total. The van der Waals surface area contributed by atoms with E-state index in [2.05, 4.69) is 17.4 Å². The molecule has 0 spiro atoms. The summed E-state index contributed by atoms with van der Waals surface area (Å²) in [5, 5.41) is 2.87. The predicted molar refractivity (Wildman–Crippen MR) is 84.2 cm³/mol. The lowest BCUT2D eigenvalue weighted by atomic mass is 10.3. The Labute approximate surface area is 138 Å². The minimum atomic E-state index is -0.235. The van der Waals surface area contributed by atoms with E-state index in [-0.39, 0.29) is 12.5 Å². The van der Waals surface area contributed by atoms with E-state index in [1.807, 2.05) is 5.01 Å². The molecule has 1 aromatic carbocycles. The summed E-state index contributed by atoms with van der Waals surface area (Å²) < 4.78 is 5.37. The van der Waals surface area contributed by atoms with E-state index >= 15 is 0 Å². The fraction of sp³-hybridized carbons (Fsp3) is 0.462. The average Bonchev–Trinajstić information content (AvgIpc) is 2.44. The van der Waals surface area contributed by atoms with E-state index in [1.54, 1.807) is 0 Å². The number of amides is 1. The van der Waals surface area contributed by atoms with Crippen LogP contribution in [0.5, 0.6) is 5.75 Å². The zero-order valence-electron chi connectivity index (χ0n) is 11.5. The topological polar surface area (TPSA) is 44.8 Å². The standard InChI is InChI=1S/C13H16Cl3N3O2/c1-18-2-4-19(5-3-18)17-13(20)8-21-12-7-10(15)9(14)6-11(12)16/h6-7H,2-5,8H2,1H3,(H,17,20). The van der Waals surface area contributed by atoms with Gasteiger partial charge in [0.1, 0.15) is 5.75 Å². The molecule has 0 atom stereocenters. The number of rotatable bonds is 4. The van der Waals surface area contributed by atoms with Gasteiger partial charge in [0.25, 0.3) is 5.91 Å². The van der Waals surface area contributed by atoms with Crippen molar-refractivity contribution < 1.29 is 9.53 Å². The van der Waals surface area contributed by atoms with Crippen LogP contribution < -0.4 is 10.2 Å². The molecule has 0 bridgehead atoms. The second-order valence-electron chi connectivity index (χ2n) is 4.81. The van der Waals surface area contributed by atoms with E-state index in [1.165, 1.54) is 12.1 Å². The molecule has 2 rings (SSSR count). The number of hydrogen-bond acceptors (Lipinski definition) is 4. The SMILES string of the molecule is CN1CCN(NC(=O)COc2cc(Cl)c(Cl)cc2Cl)CC1. The Kier molecular flexibility index (Phi) is 5.96. The number of hydrazine groups is 1. The van der Waals surface area contributed by atoms with Gasteiger partial charge in [-0.05, 0) is 13.1 Å². The molecule has 1 N–H and O–H groups in total. The summed E-state index contributed by atoms with van der Waals surface area (Å²) in [6.45, 7) is 3.27. The second-order valence-corrected chi connectivity index (χ2v) is 6.03. The molecule has 1 aromatic rings. The van der Waals surface area contributed by atoms with Gasteiger partial charge in [0.15, 0.2) is 6.61 Å². The number of benzene rings is 1. The van der Waals surface area contributed by atoms with Crippen molar-refractivity contribution in [3.8, 4) is 5.75 Å². The maximum atomic E-state index is 11.8. The van der Waals surface area contributed by atoms with Crippen molar-refractivity contribution in [2.75, 3.05) is 39.8 Å². The second kappa shape index (κ2) is 7.51. The number of ether oxygens (including phenoxy) is 1. The molecule has 0 radical (unpaired) electrons. The van der Waals surface area contributed by atoms with Crippen molar-refractivity contribution in [1.82, 2.24) is 15.3 Å². The molecule has 116 valence electrons. The lowest BCUT2D eigenvalue weighted by Crippen LogP contribution is -2.53. The van der Waals surface area contributed by atoms with Gasteiger partial charge < -0.3 is 9.64 Å². The molecular weight excluding hydrogens is 337 g/mol. The fourth-order valence-electron chi connectivity index (χ4n) is 1.89. The fourth-order valence-corrected chi connectivity index (χ4v) is 2.48. The zero-order valence-corrected chi connectivity index (χ0v) is 13.8. The van der Waals surface area contributed by atoms with Gasteiger partial charge in [0.2, 0.25) is 0 Å². The number of piperazine rings is 1. The van der Waals surface area contributed by atoms with Crippen molar-refractivity contribution in [2.24, 2.45) is 0 Å². The Morgan fingerprint density at radius 3 is 2.43 bits per heavy atom. The summed E-state index contributed by atoms with van der Waals surface area (Å²) in [4.78, 5) is 14.0. The van der Waals surface area contributed by atoms with Gasteiger partial charge in [-0.15, -0.1) is 0 Å². The van der Waals surface area contributed by atoms with Crippen molar-refractivity contribution in [3.63, 3.8) is 0 Å². The van der Waals surface area contributed by atoms with Gasteiger partial charge in [-0.3, -0.25) is 10.2 Å². The van der Waals surface area contributed by atoms with Crippen molar-refractivity contribution in [1.29, 1.82) is 0 Å². The highest BCUT2D eigenvalue weighted by Gasteiger charge is 2.16. The third-order valence-electron chi connectivity index (χ3n) is 3.12. The summed E-state index contributed by atoms with van der Waals surface area (Å²) >= 11 is 17.7. The monoisotopic (exact) mass is 351 g/mol. The first-order valence-electron chi connectivity index (χ1n) is 6.46. The third kappa shape index (κ3) is 4.90. The normalized spacial score (nSPS) is 16.8. The molecule has 1 aliphatic heterocycles. The summed E-state index contributed by atoms with van der Waals surface area (Å²) in [7, 11) is 2.05. The first-order valence-corrected chi connectivity index (χ1v) is 7.59. The number of nitrogens with zero attached hydrogens (tertiary/aromatic N) is 2. The van der Waals surface area contributed by atoms with Crippen LogP contribution in [0.25, 0.3) is 0 Å². The summed E-state index contributed by atoms with van der Waals surface area (Å²) in [5.74, 6) is 0.0984. The number of likely N-dealkylation sites (N-methyl/N-ethyl adjacent to an activating group) is 1. The van der Waals surface area contributed by atoms with E-state index in [4.69, 9.17) is 39.5 Å². The maximum absolute atomic E-state index is 11.8. The number of carbonyl (C=O) groups excluding carboxylic acids is 1. The smallest absolute Gasteiger partial charge is 0.272 e. The van der Waals surface area contributed by atoms with Crippen LogP contribution >= 0.6 is 34.8 Å². The molecule has 21 heavy (non-hydrogen) atoms. The number of nitrogens with one attached hydrogen (secondary N) is 1. The van der Waals surface area contributed by atoms with Gasteiger partial charge in [-0.25, -0.2) is 5.01 Å². The molecule has 1 amide bonds. The Hall–Kier alpha value is -0.720.